The van der Waals surface area contributed by atoms with Crippen LogP contribution in [0.4, 0.5) is 0 Å². The number of hydrogen-bond acceptors (Lipinski definition) is 4. The Morgan fingerprint density at radius 2 is 1.05 bits per heavy atom. The Bertz CT molecular complexity index is 3490. The van der Waals surface area contributed by atoms with Crippen molar-refractivity contribution in [3.63, 3.8) is 0 Å². The van der Waals surface area contributed by atoms with Gasteiger partial charge in [0.05, 0.1) is 28.4 Å². The molecule has 6 aromatic carbocycles. The molecule has 0 spiro atoms. The summed E-state index contributed by atoms with van der Waals surface area (Å²) in [5, 5.41) is 5.32. The lowest BCUT2D eigenvalue weighted by molar-refractivity contribution is 0.484. The van der Waals surface area contributed by atoms with Gasteiger partial charge in [-0.2, -0.15) is 0 Å². The fraction of sp³-hybridized carbons (Fsp3) is 0.113. The monoisotopic (exact) mass is 763 g/mol. The molecule has 0 amide bonds. The van der Waals surface area contributed by atoms with Crippen LogP contribution < -0.4 is 4.74 Å². The predicted molar refractivity (Wildman–Crippen MR) is 243 cm³/mol. The van der Waals surface area contributed by atoms with Gasteiger partial charge in [-0.3, -0.25) is 13.8 Å². The van der Waals surface area contributed by atoms with E-state index >= 15 is 0 Å². The Morgan fingerprint density at radius 3 is 1.73 bits per heavy atom. The highest BCUT2D eigenvalue weighted by atomic mass is 16.5. The number of aryl methyl sites for hydroxylation is 6. The van der Waals surface area contributed by atoms with Crippen LogP contribution in [-0.2, 0) is 0 Å². The van der Waals surface area contributed by atoms with Gasteiger partial charge < -0.3 is 4.74 Å². The van der Waals surface area contributed by atoms with Crippen molar-refractivity contribution in [2.75, 3.05) is 0 Å². The molecule has 0 fully saturated rings. The topological polar surface area (TPSA) is 56.7 Å². The third-order valence-electron chi connectivity index (χ3n) is 12.3. The zero-order valence-electron chi connectivity index (χ0n) is 33.9. The van der Waals surface area contributed by atoms with Crippen LogP contribution in [-0.4, -0.2) is 23.8 Å². The second-order valence-electron chi connectivity index (χ2n) is 16.0. The first-order valence-corrected chi connectivity index (χ1v) is 20.2. The lowest BCUT2D eigenvalue weighted by Gasteiger charge is -2.22. The van der Waals surface area contributed by atoms with Gasteiger partial charge in [0.25, 0.3) is 0 Å². The summed E-state index contributed by atoms with van der Waals surface area (Å²) in [6.07, 6.45) is 7.86. The lowest BCUT2D eigenvalue weighted by Crippen LogP contribution is -2.00. The molecule has 0 saturated heterocycles. The molecule has 0 atom stereocenters. The average Bonchev–Trinajstić information content (AvgIpc) is 3.90. The number of ether oxygens (including phenoxy) is 1. The zero-order valence-corrected chi connectivity index (χ0v) is 33.9. The van der Waals surface area contributed by atoms with E-state index in [2.05, 4.69) is 160 Å². The molecule has 59 heavy (non-hydrogen) atoms. The van der Waals surface area contributed by atoms with Crippen molar-refractivity contribution in [3.8, 4) is 45.0 Å². The van der Waals surface area contributed by atoms with Crippen LogP contribution in [0.25, 0.3) is 88.3 Å². The van der Waals surface area contributed by atoms with E-state index < -0.39 is 0 Å². The first-order valence-electron chi connectivity index (χ1n) is 20.2. The summed E-state index contributed by atoms with van der Waals surface area (Å²) in [5.74, 6) is 1.46. The average molecular weight is 764 g/mol. The molecule has 5 aromatic heterocycles. The molecule has 284 valence electrons. The minimum Gasteiger partial charge on any atom is -0.457 e. The van der Waals surface area contributed by atoms with Crippen LogP contribution in [0.2, 0.25) is 0 Å². The fourth-order valence-corrected chi connectivity index (χ4v) is 9.74. The molecule has 0 aliphatic carbocycles. The van der Waals surface area contributed by atoms with Crippen molar-refractivity contribution in [3.05, 3.63) is 173 Å². The van der Waals surface area contributed by atoms with Gasteiger partial charge in [0.15, 0.2) is 0 Å². The van der Waals surface area contributed by atoms with E-state index in [1.54, 1.807) is 0 Å². The molecule has 0 saturated carbocycles. The first-order chi connectivity index (χ1) is 28.8. The van der Waals surface area contributed by atoms with E-state index in [1.165, 1.54) is 61.2 Å². The summed E-state index contributed by atoms with van der Waals surface area (Å²) in [5.41, 5.74) is 19.5. The lowest BCUT2D eigenvalue weighted by atomic mass is 9.84. The standard InChI is InChI=1S/C53H41N5O/c1-30-11-7-12-31(2)46(30)41-23-22-40-38-20-18-36(27-42(38)52-55-25-26-57(52)51(40)49(41)48-34(5)15-9-16-35(48)6)59-37-19-21-39-43(28-37)53-56-29-45(47-32(3)13-8-14-33(47)4)58(53)44-17-10-24-54-50(39)44/h7-29H,1-6H3. The van der Waals surface area contributed by atoms with Crippen molar-refractivity contribution >= 4 is 54.8 Å². The molecule has 0 radical (unpaired) electrons. The normalized spacial score (nSPS) is 11.9. The van der Waals surface area contributed by atoms with Crippen LogP contribution in [0.5, 0.6) is 11.5 Å². The van der Waals surface area contributed by atoms with Gasteiger partial charge in [0.1, 0.15) is 22.8 Å². The highest BCUT2D eigenvalue weighted by molar-refractivity contribution is 6.18. The third kappa shape index (κ3) is 5.22. The summed E-state index contributed by atoms with van der Waals surface area (Å²) in [4.78, 5) is 14.9. The number of fused-ring (bicyclic) bond motifs is 12. The van der Waals surface area contributed by atoms with Crippen molar-refractivity contribution in [1.29, 1.82) is 0 Å². The van der Waals surface area contributed by atoms with Crippen molar-refractivity contribution in [1.82, 2.24) is 23.8 Å². The molecular formula is C53H41N5O. The number of pyridine rings is 3. The van der Waals surface area contributed by atoms with E-state index in [1.807, 2.05) is 30.7 Å². The van der Waals surface area contributed by atoms with Crippen LogP contribution in [0.3, 0.4) is 0 Å². The van der Waals surface area contributed by atoms with Gasteiger partial charge >= 0.3 is 0 Å². The van der Waals surface area contributed by atoms with Crippen LogP contribution in [0.15, 0.2) is 140 Å². The molecule has 0 N–H and O–H groups in total. The molecule has 6 nitrogen and oxygen atoms in total. The van der Waals surface area contributed by atoms with Gasteiger partial charge in [-0.1, -0.05) is 66.7 Å². The minimum absolute atomic E-state index is 0.723. The Balaban J connectivity index is 1.10. The van der Waals surface area contributed by atoms with E-state index in [0.717, 1.165) is 72.0 Å². The minimum atomic E-state index is 0.723. The Morgan fingerprint density at radius 1 is 0.458 bits per heavy atom. The maximum absolute atomic E-state index is 6.76. The SMILES string of the molecule is Cc1cccc(C)c1-c1ccc2c3ccc(Oc4ccc5c(c4)c4ncc(-c6c(C)cccc6C)n4c4cccnc54)cc3c3nccn3c2c1-c1c(C)cccc1C. The van der Waals surface area contributed by atoms with E-state index in [-0.39, 0.29) is 0 Å². The summed E-state index contributed by atoms with van der Waals surface area (Å²) >= 11 is 0. The van der Waals surface area contributed by atoms with Crippen molar-refractivity contribution < 1.29 is 4.74 Å². The smallest absolute Gasteiger partial charge is 0.145 e. The third-order valence-corrected chi connectivity index (χ3v) is 12.3. The second-order valence-corrected chi connectivity index (χ2v) is 16.0. The zero-order chi connectivity index (χ0) is 40.1. The number of rotatable bonds is 5. The van der Waals surface area contributed by atoms with Crippen LogP contribution in [0, 0.1) is 41.5 Å². The number of aromatic nitrogens is 5. The molecule has 5 heterocycles. The molecule has 6 heteroatoms. The van der Waals surface area contributed by atoms with Gasteiger partial charge in [0.2, 0.25) is 0 Å². The molecule has 11 aromatic rings. The van der Waals surface area contributed by atoms with Gasteiger partial charge in [-0.05, 0) is 146 Å². The molecule has 11 rings (SSSR count). The van der Waals surface area contributed by atoms with Crippen LogP contribution in [0.1, 0.15) is 33.4 Å². The van der Waals surface area contributed by atoms with Crippen molar-refractivity contribution in [2.45, 2.75) is 41.5 Å². The van der Waals surface area contributed by atoms with E-state index in [4.69, 9.17) is 19.7 Å². The number of benzene rings is 6. The Labute approximate surface area is 342 Å². The summed E-state index contributed by atoms with van der Waals surface area (Å²) in [7, 11) is 0. The van der Waals surface area contributed by atoms with Gasteiger partial charge in [-0.15, -0.1) is 0 Å². The predicted octanol–water partition coefficient (Wildman–Crippen LogP) is 13.6. The first kappa shape index (κ1) is 34.9. The van der Waals surface area contributed by atoms with E-state index in [0.29, 0.717) is 0 Å². The quantitative estimate of drug-likeness (QED) is 0.164. The fourth-order valence-electron chi connectivity index (χ4n) is 9.74. The summed E-state index contributed by atoms with van der Waals surface area (Å²) in [6, 6.07) is 41.0. The largest absolute Gasteiger partial charge is 0.457 e. The number of nitrogens with zero attached hydrogens (tertiary/aromatic N) is 5. The van der Waals surface area contributed by atoms with Gasteiger partial charge in [0, 0.05) is 51.3 Å². The molecule has 0 unspecified atom stereocenters. The Kier molecular flexibility index (Phi) is 7.76. The highest BCUT2D eigenvalue weighted by Gasteiger charge is 2.23. The summed E-state index contributed by atoms with van der Waals surface area (Å²) < 4.78 is 11.3. The maximum atomic E-state index is 6.76. The second kappa shape index (κ2) is 13.1. The highest BCUT2D eigenvalue weighted by Crippen LogP contribution is 2.46. The molecule has 0 aliphatic rings. The molecule has 0 aliphatic heterocycles. The summed E-state index contributed by atoms with van der Waals surface area (Å²) in [6.45, 7) is 13.2. The Hall–Kier alpha value is -7.31. The maximum Gasteiger partial charge on any atom is 0.145 e. The van der Waals surface area contributed by atoms with E-state index in [9.17, 15) is 0 Å². The van der Waals surface area contributed by atoms with Gasteiger partial charge in [-0.25, -0.2) is 9.97 Å². The number of hydrogen-bond donors (Lipinski definition) is 0. The molecular weight excluding hydrogens is 723 g/mol. The van der Waals surface area contributed by atoms with Crippen LogP contribution >= 0.6 is 0 Å². The number of imidazole rings is 2. The molecule has 0 bridgehead atoms. The van der Waals surface area contributed by atoms with Crippen molar-refractivity contribution in [2.24, 2.45) is 0 Å².